The van der Waals surface area contributed by atoms with E-state index in [4.69, 9.17) is 0 Å². The molecule has 0 radical (unpaired) electrons. The van der Waals surface area contributed by atoms with E-state index in [2.05, 4.69) is 19.2 Å². The minimum Gasteiger partial charge on any atom is -0.306 e. The molecular weight excluding hydrogens is 218 g/mol. The maximum Gasteiger partial charge on any atom is 0.150 e. The van der Waals surface area contributed by atoms with E-state index in [0.29, 0.717) is 11.7 Å². The van der Waals surface area contributed by atoms with Crippen LogP contribution in [0.2, 0.25) is 0 Å². The molecule has 2 nitrogen and oxygen atoms in total. The van der Waals surface area contributed by atoms with Crippen molar-refractivity contribution in [3.63, 3.8) is 0 Å². The molecule has 0 saturated carbocycles. The lowest BCUT2D eigenvalue weighted by Crippen LogP contribution is -2.43. The van der Waals surface area contributed by atoms with Gasteiger partial charge in [0.05, 0.1) is 6.04 Å². The van der Waals surface area contributed by atoms with Gasteiger partial charge in [0, 0.05) is 24.5 Å². The lowest BCUT2D eigenvalue weighted by Gasteiger charge is -2.24. The molecule has 0 aromatic carbocycles. The Bertz CT molecular complexity index is 202. The molecule has 94 valence electrons. The lowest BCUT2D eigenvalue weighted by molar-refractivity contribution is -0.121. The number of Topliss-reactive ketones (excluding diaryl/α,β-unsaturated/α-hetero) is 1. The van der Waals surface area contributed by atoms with Crippen molar-refractivity contribution in [1.82, 2.24) is 5.32 Å². The predicted molar refractivity (Wildman–Crippen MR) is 72.0 cm³/mol. The van der Waals surface area contributed by atoms with Crippen LogP contribution < -0.4 is 5.32 Å². The normalized spacial score (nSPS) is 23.0. The van der Waals surface area contributed by atoms with Gasteiger partial charge in [0.2, 0.25) is 0 Å². The van der Waals surface area contributed by atoms with Crippen LogP contribution in [0.3, 0.4) is 0 Å². The van der Waals surface area contributed by atoms with Gasteiger partial charge >= 0.3 is 0 Å². The van der Waals surface area contributed by atoms with Crippen molar-refractivity contribution in [3.8, 4) is 0 Å². The molecule has 0 aliphatic carbocycles. The summed E-state index contributed by atoms with van der Waals surface area (Å²) in [4.78, 5) is 12.1. The Morgan fingerprint density at radius 1 is 1.50 bits per heavy atom. The van der Waals surface area contributed by atoms with Crippen molar-refractivity contribution in [2.75, 3.05) is 18.1 Å². The quantitative estimate of drug-likeness (QED) is 0.745. The Morgan fingerprint density at radius 2 is 2.31 bits per heavy atom. The second kappa shape index (κ2) is 8.13. The second-order valence-electron chi connectivity index (χ2n) is 4.67. The molecule has 0 bridgehead atoms. The fourth-order valence-corrected chi connectivity index (χ4v) is 3.11. The third-order valence-corrected chi connectivity index (χ3v) is 4.41. The summed E-state index contributed by atoms with van der Waals surface area (Å²) < 4.78 is 0. The number of thioether (sulfide) groups is 1. The van der Waals surface area contributed by atoms with Crippen LogP contribution in [-0.4, -0.2) is 29.9 Å². The number of hydrogen-bond acceptors (Lipinski definition) is 3. The van der Waals surface area contributed by atoms with E-state index < -0.39 is 0 Å². The van der Waals surface area contributed by atoms with E-state index in [9.17, 15) is 4.79 Å². The van der Waals surface area contributed by atoms with Crippen LogP contribution in [0.4, 0.5) is 0 Å². The summed E-state index contributed by atoms with van der Waals surface area (Å²) in [7, 11) is 0. The van der Waals surface area contributed by atoms with Crippen LogP contribution in [-0.2, 0) is 4.79 Å². The molecule has 1 saturated heterocycles. The number of unbranched alkanes of at least 4 members (excludes halogenated alkanes) is 1. The molecule has 1 N–H and O–H groups in total. The third kappa shape index (κ3) is 4.88. The summed E-state index contributed by atoms with van der Waals surface area (Å²) in [5.41, 5.74) is 0. The van der Waals surface area contributed by atoms with E-state index in [1.54, 1.807) is 0 Å². The molecule has 2 atom stereocenters. The fraction of sp³-hybridized carbons (Fsp3) is 0.923. The zero-order chi connectivity index (χ0) is 11.8. The molecular formula is C13H25NOS. The first-order chi connectivity index (χ1) is 7.77. The highest BCUT2D eigenvalue weighted by Gasteiger charge is 2.22. The van der Waals surface area contributed by atoms with Crippen molar-refractivity contribution in [2.24, 2.45) is 5.92 Å². The van der Waals surface area contributed by atoms with Gasteiger partial charge in [-0.1, -0.05) is 39.5 Å². The smallest absolute Gasteiger partial charge is 0.150 e. The van der Waals surface area contributed by atoms with E-state index in [1.165, 1.54) is 19.3 Å². The number of nitrogens with one attached hydrogen (secondary N) is 1. The minimum atomic E-state index is 0.134. The van der Waals surface area contributed by atoms with Gasteiger partial charge in [0.25, 0.3) is 0 Å². The zero-order valence-corrected chi connectivity index (χ0v) is 11.4. The Hall–Kier alpha value is -0.0200. The number of ketones is 1. The molecule has 0 aromatic rings. The molecule has 1 rings (SSSR count). The van der Waals surface area contributed by atoms with Crippen LogP contribution in [0.5, 0.6) is 0 Å². The maximum atomic E-state index is 12.1. The Balaban J connectivity index is 2.29. The van der Waals surface area contributed by atoms with E-state index in [0.717, 1.165) is 30.9 Å². The molecule has 1 aliphatic heterocycles. The largest absolute Gasteiger partial charge is 0.306 e. The van der Waals surface area contributed by atoms with E-state index in [1.807, 2.05) is 11.8 Å². The predicted octanol–water partition coefficient (Wildman–Crippen LogP) is 2.87. The van der Waals surface area contributed by atoms with Gasteiger partial charge in [-0.25, -0.2) is 0 Å². The highest BCUT2D eigenvalue weighted by molar-refractivity contribution is 7.99. The highest BCUT2D eigenvalue weighted by atomic mass is 32.2. The topological polar surface area (TPSA) is 29.1 Å². The van der Waals surface area contributed by atoms with Crippen LogP contribution >= 0.6 is 11.8 Å². The summed E-state index contributed by atoms with van der Waals surface area (Å²) in [5.74, 6) is 3.18. The lowest BCUT2D eigenvalue weighted by atomic mass is 9.92. The van der Waals surface area contributed by atoms with Crippen LogP contribution in [0.1, 0.15) is 46.0 Å². The van der Waals surface area contributed by atoms with Gasteiger partial charge in [-0.2, -0.15) is 11.8 Å². The Morgan fingerprint density at radius 3 is 2.88 bits per heavy atom. The molecule has 0 spiro atoms. The van der Waals surface area contributed by atoms with Crippen LogP contribution in [0.15, 0.2) is 0 Å². The fourth-order valence-electron chi connectivity index (χ4n) is 2.14. The van der Waals surface area contributed by atoms with Gasteiger partial charge in [-0.3, -0.25) is 4.79 Å². The van der Waals surface area contributed by atoms with Crippen molar-refractivity contribution in [2.45, 2.75) is 52.0 Å². The standard InChI is InChI=1S/C13H25NOS/c1-3-5-6-11(4-2)9-13(15)12-10-16-8-7-14-12/h11-12,14H,3-10H2,1-2H3. The van der Waals surface area contributed by atoms with Gasteiger partial charge in [-0.05, 0) is 5.92 Å². The maximum absolute atomic E-state index is 12.1. The number of hydrogen-bond donors (Lipinski definition) is 1. The summed E-state index contributed by atoms with van der Waals surface area (Å²) in [5, 5.41) is 3.33. The minimum absolute atomic E-state index is 0.134. The van der Waals surface area contributed by atoms with Crippen molar-refractivity contribution in [1.29, 1.82) is 0 Å². The second-order valence-corrected chi connectivity index (χ2v) is 5.82. The Labute approximate surface area is 104 Å². The summed E-state index contributed by atoms with van der Waals surface area (Å²) in [6.45, 7) is 5.41. The van der Waals surface area contributed by atoms with Crippen molar-refractivity contribution in [3.05, 3.63) is 0 Å². The molecule has 1 heterocycles. The molecule has 2 unspecified atom stereocenters. The van der Waals surface area contributed by atoms with Gasteiger partial charge in [0.1, 0.15) is 0 Å². The first-order valence-corrected chi connectivity index (χ1v) is 7.77. The van der Waals surface area contributed by atoms with Crippen molar-refractivity contribution < 1.29 is 4.79 Å². The average Bonchev–Trinajstić information content (AvgIpc) is 2.35. The monoisotopic (exact) mass is 243 g/mol. The molecule has 0 amide bonds. The number of carbonyl (C=O) groups is 1. The zero-order valence-electron chi connectivity index (χ0n) is 10.6. The first-order valence-electron chi connectivity index (χ1n) is 6.61. The molecule has 16 heavy (non-hydrogen) atoms. The molecule has 3 heteroatoms. The number of carbonyl (C=O) groups excluding carboxylic acids is 1. The van der Waals surface area contributed by atoms with Gasteiger partial charge in [0.15, 0.2) is 5.78 Å². The molecule has 0 aromatic heterocycles. The van der Waals surface area contributed by atoms with Crippen LogP contribution in [0.25, 0.3) is 0 Å². The van der Waals surface area contributed by atoms with Gasteiger partial charge in [-0.15, -0.1) is 0 Å². The molecule has 1 fully saturated rings. The van der Waals surface area contributed by atoms with E-state index in [-0.39, 0.29) is 6.04 Å². The summed E-state index contributed by atoms with van der Waals surface area (Å²) >= 11 is 1.90. The van der Waals surface area contributed by atoms with Crippen LogP contribution in [0, 0.1) is 5.92 Å². The summed E-state index contributed by atoms with van der Waals surface area (Å²) in [6.07, 6.45) is 5.65. The van der Waals surface area contributed by atoms with E-state index >= 15 is 0 Å². The third-order valence-electron chi connectivity index (χ3n) is 3.34. The average molecular weight is 243 g/mol. The molecule has 1 aliphatic rings. The van der Waals surface area contributed by atoms with Gasteiger partial charge < -0.3 is 5.32 Å². The Kier molecular flexibility index (Phi) is 7.13. The summed E-state index contributed by atoms with van der Waals surface area (Å²) in [6, 6.07) is 0.134. The highest BCUT2D eigenvalue weighted by Crippen LogP contribution is 2.19. The SMILES string of the molecule is CCCCC(CC)CC(=O)C1CSCCN1. The number of rotatable bonds is 7. The first kappa shape index (κ1) is 14.0. The van der Waals surface area contributed by atoms with Crippen molar-refractivity contribution >= 4 is 17.5 Å².